The van der Waals surface area contributed by atoms with Crippen molar-refractivity contribution in [1.82, 2.24) is 0 Å². The first-order valence-corrected chi connectivity index (χ1v) is 5.99. The van der Waals surface area contributed by atoms with E-state index in [1.807, 2.05) is 0 Å². The summed E-state index contributed by atoms with van der Waals surface area (Å²) in [4.78, 5) is 10.2. The van der Waals surface area contributed by atoms with Gasteiger partial charge in [0.2, 0.25) is 0 Å². The summed E-state index contributed by atoms with van der Waals surface area (Å²) in [7, 11) is 0. The van der Waals surface area contributed by atoms with E-state index in [1.165, 1.54) is 44.9 Å². The number of carboxylic acid groups (broad SMARTS) is 1. The van der Waals surface area contributed by atoms with Crippen molar-refractivity contribution in [3.63, 3.8) is 0 Å². The fourth-order valence-corrected chi connectivity index (χ4v) is 1.59. The topological polar surface area (TPSA) is 37.3 Å². The number of hydrogen-bond donors (Lipinski definition) is 1. The van der Waals surface area contributed by atoms with Gasteiger partial charge in [0, 0.05) is 6.42 Å². The Balaban J connectivity index is 0. The van der Waals surface area contributed by atoms with E-state index in [4.69, 9.17) is 5.11 Å². The van der Waals surface area contributed by atoms with Crippen LogP contribution in [0.2, 0.25) is 0 Å². The molecule has 0 fully saturated rings. The van der Waals surface area contributed by atoms with Crippen LogP contribution < -0.4 is 0 Å². The summed E-state index contributed by atoms with van der Waals surface area (Å²) in [6.07, 6.45) is 11.5. The van der Waals surface area contributed by atoms with E-state index in [0.29, 0.717) is 6.42 Å². The van der Waals surface area contributed by atoms with Gasteiger partial charge < -0.3 is 5.11 Å². The zero-order chi connectivity index (χ0) is 10.6. The molecule has 0 rings (SSSR count). The van der Waals surface area contributed by atoms with Gasteiger partial charge in [0.1, 0.15) is 0 Å². The average molecular weight is 410 g/mol. The van der Waals surface area contributed by atoms with Crippen molar-refractivity contribution in [2.75, 3.05) is 0 Å². The van der Waals surface area contributed by atoms with Gasteiger partial charge in [-0.2, -0.15) is 0 Å². The van der Waals surface area contributed by atoms with Gasteiger partial charge in [-0.1, -0.05) is 58.3 Å². The van der Waals surface area contributed by atoms with Gasteiger partial charge in [-0.05, 0) is 6.42 Å². The zero-order valence-corrected chi connectivity index (χ0v) is 15.6. The Hall–Kier alpha value is 0.392. The van der Waals surface area contributed by atoms with Gasteiger partial charge in [0.05, 0.1) is 0 Å². The van der Waals surface area contributed by atoms with Crippen LogP contribution in [0.4, 0.5) is 0 Å². The van der Waals surface area contributed by atoms with Crippen molar-refractivity contribution < 1.29 is 9.90 Å². The Kier molecular flexibility index (Phi) is 17.1. The summed E-state index contributed by atoms with van der Waals surface area (Å²) in [6, 6.07) is 0. The minimum absolute atomic E-state index is 0. The molecule has 0 spiro atoms. The second-order valence-electron chi connectivity index (χ2n) is 3.97. The van der Waals surface area contributed by atoms with Crippen molar-refractivity contribution in [3.05, 3.63) is 0 Å². The number of rotatable bonds is 10. The summed E-state index contributed by atoms with van der Waals surface area (Å²) >= 11 is 0. The SMILES string of the molecule is CCCCCCCCCCCC(=O)O.[PbH2]. The molecular weight excluding hydrogens is 383 g/mol. The molecule has 2 nitrogen and oxygen atoms in total. The molecule has 0 aromatic carbocycles. The van der Waals surface area contributed by atoms with Crippen LogP contribution in [-0.4, -0.2) is 38.4 Å². The van der Waals surface area contributed by atoms with Crippen LogP contribution in [0.25, 0.3) is 0 Å². The van der Waals surface area contributed by atoms with Gasteiger partial charge in [0.25, 0.3) is 0 Å². The van der Waals surface area contributed by atoms with Crippen LogP contribution in [0.1, 0.15) is 71.1 Å². The van der Waals surface area contributed by atoms with E-state index < -0.39 is 5.97 Å². The quantitative estimate of drug-likeness (QED) is 0.445. The second-order valence-corrected chi connectivity index (χ2v) is 3.97. The van der Waals surface area contributed by atoms with Crippen molar-refractivity contribution in [3.8, 4) is 0 Å². The first-order valence-electron chi connectivity index (χ1n) is 5.99. The Morgan fingerprint density at radius 3 is 1.67 bits per heavy atom. The summed E-state index contributed by atoms with van der Waals surface area (Å²) in [5.41, 5.74) is 0. The van der Waals surface area contributed by atoms with Gasteiger partial charge in [0.15, 0.2) is 0 Å². The molecule has 0 aromatic rings. The van der Waals surface area contributed by atoms with Gasteiger partial charge >= 0.3 is 33.3 Å². The average Bonchev–Trinajstić information content (AvgIpc) is 2.15. The van der Waals surface area contributed by atoms with E-state index in [1.54, 1.807) is 0 Å². The molecule has 15 heavy (non-hydrogen) atoms. The van der Waals surface area contributed by atoms with Crippen LogP contribution in [0.3, 0.4) is 0 Å². The van der Waals surface area contributed by atoms with Gasteiger partial charge in [-0.25, -0.2) is 0 Å². The van der Waals surface area contributed by atoms with Crippen LogP contribution in [-0.2, 0) is 4.79 Å². The van der Waals surface area contributed by atoms with Crippen molar-refractivity contribution in [1.29, 1.82) is 0 Å². The predicted octanol–water partition coefficient (Wildman–Crippen LogP) is 3.08. The van der Waals surface area contributed by atoms with Crippen molar-refractivity contribution >= 4 is 33.3 Å². The molecule has 0 saturated heterocycles. The third-order valence-electron chi connectivity index (χ3n) is 2.49. The number of aliphatic carboxylic acids is 1. The Bertz CT molecular complexity index is 138. The number of unbranched alkanes of at least 4 members (excludes halogenated alkanes) is 8. The molecule has 0 heterocycles. The molecular formula is C12H26O2Pb. The summed E-state index contributed by atoms with van der Waals surface area (Å²) < 4.78 is 0. The monoisotopic (exact) mass is 410 g/mol. The number of hydrogen-bond acceptors (Lipinski definition) is 1. The molecule has 0 aliphatic heterocycles. The molecule has 90 valence electrons. The van der Waals surface area contributed by atoms with Crippen LogP contribution in [0.5, 0.6) is 0 Å². The Labute approximate surface area is 114 Å². The van der Waals surface area contributed by atoms with Crippen LogP contribution in [0.15, 0.2) is 0 Å². The molecule has 0 saturated carbocycles. The Morgan fingerprint density at radius 1 is 0.867 bits per heavy atom. The molecule has 1 N–H and O–H groups in total. The summed E-state index contributed by atoms with van der Waals surface area (Å²) in [5.74, 6) is -0.659. The maximum atomic E-state index is 10.2. The van der Waals surface area contributed by atoms with Gasteiger partial charge in [-0.3, -0.25) is 4.79 Å². The molecule has 0 amide bonds. The predicted molar refractivity (Wildman–Crippen MR) is 68.0 cm³/mol. The zero-order valence-electron chi connectivity index (χ0n) is 10.1. The molecule has 0 aliphatic rings. The second kappa shape index (κ2) is 14.4. The molecule has 0 bridgehead atoms. The van der Waals surface area contributed by atoms with E-state index in [2.05, 4.69) is 6.92 Å². The molecule has 3 heteroatoms. The van der Waals surface area contributed by atoms with Crippen LogP contribution >= 0.6 is 0 Å². The van der Waals surface area contributed by atoms with E-state index in [0.717, 1.165) is 12.8 Å². The van der Waals surface area contributed by atoms with Crippen molar-refractivity contribution in [2.45, 2.75) is 71.1 Å². The van der Waals surface area contributed by atoms with Crippen molar-refractivity contribution in [2.24, 2.45) is 0 Å². The normalized spacial score (nSPS) is 9.67. The molecule has 2 radical (unpaired) electrons. The van der Waals surface area contributed by atoms with Crippen LogP contribution in [0, 0.1) is 0 Å². The number of carboxylic acids is 1. The van der Waals surface area contributed by atoms with E-state index in [-0.39, 0.29) is 27.3 Å². The third kappa shape index (κ3) is 17.0. The summed E-state index contributed by atoms with van der Waals surface area (Å²) in [5, 5.41) is 8.41. The third-order valence-corrected chi connectivity index (χ3v) is 2.49. The first-order chi connectivity index (χ1) is 6.77. The molecule has 0 atom stereocenters. The standard InChI is InChI=1S/C12H24O2.Pb.2H/c1-2-3-4-5-6-7-8-9-10-11-12(13)14;;;/h2-11H2,1H3,(H,13,14);;;. The van der Waals surface area contributed by atoms with E-state index >= 15 is 0 Å². The number of carbonyl (C=O) groups is 1. The Morgan fingerprint density at radius 2 is 1.27 bits per heavy atom. The molecule has 0 aliphatic carbocycles. The molecule has 0 unspecified atom stereocenters. The van der Waals surface area contributed by atoms with Gasteiger partial charge in [-0.15, -0.1) is 0 Å². The first kappa shape index (κ1) is 17.8. The van der Waals surface area contributed by atoms with E-state index in [9.17, 15) is 4.79 Å². The summed E-state index contributed by atoms with van der Waals surface area (Å²) in [6.45, 7) is 2.23. The fraction of sp³-hybridized carbons (Fsp3) is 0.917. The minimum atomic E-state index is -0.659. The fourth-order valence-electron chi connectivity index (χ4n) is 1.59. The maximum absolute atomic E-state index is 10.2. The molecule has 0 aromatic heterocycles.